The van der Waals surface area contributed by atoms with E-state index in [1.54, 1.807) is 11.8 Å². The fourth-order valence-corrected chi connectivity index (χ4v) is 4.10. The van der Waals surface area contributed by atoms with E-state index in [1.807, 2.05) is 24.4 Å². The lowest BCUT2D eigenvalue weighted by Gasteiger charge is -2.36. The number of β-amino-alcohol motifs (C(OH)–C–C–N with tert-alkyl or cyclic N) is 1. The highest BCUT2D eigenvalue weighted by molar-refractivity contribution is 7.07. The number of hydrogen-bond donors (Lipinski definition) is 1. The van der Waals surface area contributed by atoms with Gasteiger partial charge in [-0.3, -0.25) is 4.90 Å². The third kappa shape index (κ3) is 3.87. The lowest BCUT2D eigenvalue weighted by molar-refractivity contribution is 0.107. The first-order valence-corrected chi connectivity index (χ1v) is 10.0. The highest BCUT2D eigenvalue weighted by Gasteiger charge is 2.21. The van der Waals surface area contributed by atoms with Crippen LogP contribution in [-0.4, -0.2) is 71.8 Å². The first-order valence-electron chi connectivity index (χ1n) is 9.07. The maximum atomic E-state index is 10.3. The van der Waals surface area contributed by atoms with Gasteiger partial charge in [0.2, 0.25) is 0 Å². The maximum absolute atomic E-state index is 10.3. The Morgan fingerprint density at radius 2 is 1.96 bits per heavy atom. The van der Waals surface area contributed by atoms with Gasteiger partial charge in [0.15, 0.2) is 0 Å². The summed E-state index contributed by atoms with van der Waals surface area (Å²) in [5, 5.41) is 13.3. The fraction of sp³-hybridized carbons (Fsp3) is 0.421. The molecule has 1 aliphatic heterocycles. The van der Waals surface area contributed by atoms with E-state index in [1.165, 1.54) is 17.0 Å². The van der Waals surface area contributed by atoms with Crippen molar-refractivity contribution in [3.63, 3.8) is 0 Å². The summed E-state index contributed by atoms with van der Waals surface area (Å²) in [6.45, 7) is 4.34. The molecular formula is C19H24N6OS. The summed E-state index contributed by atoms with van der Waals surface area (Å²) in [4.78, 5) is 19.7. The molecule has 0 aliphatic carbocycles. The van der Waals surface area contributed by atoms with Crippen molar-refractivity contribution in [3.8, 4) is 0 Å². The van der Waals surface area contributed by atoms with Crippen LogP contribution in [0.2, 0.25) is 0 Å². The van der Waals surface area contributed by atoms with Gasteiger partial charge < -0.3 is 14.9 Å². The van der Waals surface area contributed by atoms with Crippen LogP contribution in [0.4, 0.5) is 11.5 Å². The van der Waals surface area contributed by atoms with E-state index in [9.17, 15) is 5.11 Å². The zero-order valence-corrected chi connectivity index (χ0v) is 16.4. The molecule has 1 aliphatic rings. The fourth-order valence-electron chi connectivity index (χ4n) is 3.50. The molecule has 27 heavy (non-hydrogen) atoms. The van der Waals surface area contributed by atoms with Crippen molar-refractivity contribution in [2.45, 2.75) is 6.10 Å². The quantitative estimate of drug-likeness (QED) is 0.722. The van der Waals surface area contributed by atoms with E-state index in [-0.39, 0.29) is 0 Å². The standard InChI is InChI=1S/C19H24N6OS/c1-23(2)19-15-9-14(3-4-16(15)20-12-21-19)25-7-5-24(6-8-25)10-18(26)17-11-27-13-22-17/h3-4,9,11-13,18,26H,5-8,10H2,1-2H3. The van der Waals surface area contributed by atoms with Crippen LogP contribution < -0.4 is 9.80 Å². The van der Waals surface area contributed by atoms with Gasteiger partial charge in [0.25, 0.3) is 0 Å². The van der Waals surface area contributed by atoms with Crippen LogP contribution in [0.1, 0.15) is 11.8 Å². The lowest BCUT2D eigenvalue weighted by atomic mass is 10.1. The molecule has 1 fully saturated rings. The van der Waals surface area contributed by atoms with E-state index in [2.05, 4.69) is 43.0 Å². The van der Waals surface area contributed by atoms with Gasteiger partial charge in [-0.1, -0.05) is 0 Å². The predicted molar refractivity (Wildman–Crippen MR) is 110 cm³/mol. The molecule has 0 radical (unpaired) electrons. The van der Waals surface area contributed by atoms with Gasteiger partial charge in [0, 0.05) is 63.3 Å². The molecule has 3 aromatic rings. The monoisotopic (exact) mass is 384 g/mol. The minimum absolute atomic E-state index is 0.511. The Bertz CT molecular complexity index is 892. The third-order valence-electron chi connectivity index (χ3n) is 4.98. The first-order chi connectivity index (χ1) is 13.1. The maximum Gasteiger partial charge on any atom is 0.139 e. The average molecular weight is 385 g/mol. The summed E-state index contributed by atoms with van der Waals surface area (Å²) in [5.74, 6) is 0.937. The van der Waals surface area contributed by atoms with E-state index < -0.39 is 6.10 Å². The molecule has 8 heteroatoms. The molecule has 1 N–H and O–H groups in total. The average Bonchev–Trinajstić information content (AvgIpc) is 3.22. The molecule has 3 heterocycles. The molecule has 0 spiro atoms. The third-order valence-corrected chi connectivity index (χ3v) is 5.59. The van der Waals surface area contributed by atoms with Gasteiger partial charge in [0.1, 0.15) is 18.2 Å². The first kappa shape index (κ1) is 18.1. The zero-order chi connectivity index (χ0) is 18.8. The Labute approximate surface area is 162 Å². The van der Waals surface area contributed by atoms with Crippen molar-refractivity contribution >= 4 is 33.7 Å². The Morgan fingerprint density at radius 3 is 2.67 bits per heavy atom. The van der Waals surface area contributed by atoms with Crippen LogP contribution in [0, 0.1) is 0 Å². The Hall–Kier alpha value is -2.29. The second-order valence-corrected chi connectivity index (χ2v) is 7.73. The SMILES string of the molecule is CN(C)c1ncnc2ccc(N3CCN(CC(O)c4cscn4)CC3)cc12. The van der Waals surface area contributed by atoms with Crippen molar-refractivity contribution in [2.24, 2.45) is 0 Å². The lowest BCUT2D eigenvalue weighted by Crippen LogP contribution is -2.47. The normalized spacial score (nSPS) is 16.6. The number of aliphatic hydroxyl groups excluding tert-OH is 1. The second-order valence-electron chi connectivity index (χ2n) is 7.01. The van der Waals surface area contributed by atoms with E-state index in [0.29, 0.717) is 6.54 Å². The van der Waals surface area contributed by atoms with Crippen LogP contribution in [0.3, 0.4) is 0 Å². The number of aromatic nitrogens is 3. The van der Waals surface area contributed by atoms with Gasteiger partial charge in [-0.05, 0) is 18.2 Å². The van der Waals surface area contributed by atoms with Crippen molar-refractivity contribution in [3.05, 3.63) is 41.1 Å². The molecule has 0 saturated carbocycles. The number of piperazine rings is 1. The van der Waals surface area contributed by atoms with Crippen molar-refractivity contribution < 1.29 is 5.11 Å². The van der Waals surface area contributed by atoms with Crippen LogP contribution >= 0.6 is 11.3 Å². The van der Waals surface area contributed by atoms with E-state index in [0.717, 1.165) is 48.6 Å². The number of fused-ring (bicyclic) bond motifs is 1. The molecule has 1 atom stereocenters. The molecule has 1 unspecified atom stereocenters. The molecule has 1 saturated heterocycles. The number of benzene rings is 1. The van der Waals surface area contributed by atoms with Gasteiger partial charge >= 0.3 is 0 Å². The summed E-state index contributed by atoms with van der Waals surface area (Å²) in [6.07, 6.45) is 1.10. The Kier molecular flexibility index (Phi) is 5.20. The van der Waals surface area contributed by atoms with Crippen LogP contribution in [0.15, 0.2) is 35.4 Å². The van der Waals surface area contributed by atoms with E-state index >= 15 is 0 Å². The smallest absolute Gasteiger partial charge is 0.139 e. The summed E-state index contributed by atoms with van der Waals surface area (Å²) in [5.41, 5.74) is 4.69. The highest BCUT2D eigenvalue weighted by Crippen LogP contribution is 2.27. The van der Waals surface area contributed by atoms with Gasteiger partial charge in [-0.25, -0.2) is 15.0 Å². The topological polar surface area (TPSA) is 68.6 Å². The van der Waals surface area contributed by atoms with Crippen molar-refractivity contribution in [2.75, 3.05) is 56.6 Å². The van der Waals surface area contributed by atoms with E-state index in [4.69, 9.17) is 0 Å². The number of anilines is 2. The zero-order valence-electron chi connectivity index (χ0n) is 15.6. The molecule has 4 rings (SSSR count). The molecule has 7 nitrogen and oxygen atoms in total. The minimum Gasteiger partial charge on any atom is -0.385 e. The molecule has 142 valence electrons. The number of aliphatic hydroxyl groups is 1. The molecule has 0 amide bonds. The number of nitrogens with zero attached hydrogens (tertiary/aromatic N) is 6. The molecule has 2 aromatic heterocycles. The van der Waals surface area contributed by atoms with Crippen molar-refractivity contribution in [1.82, 2.24) is 19.9 Å². The highest BCUT2D eigenvalue weighted by atomic mass is 32.1. The summed E-state index contributed by atoms with van der Waals surface area (Å²) in [6, 6.07) is 6.39. The van der Waals surface area contributed by atoms with Crippen LogP contribution in [0.25, 0.3) is 10.9 Å². The summed E-state index contributed by atoms with van der Waals surface area (Å²) >= 11 is 1.52. The second kappa shape index (κ2) is 7.75. The Morgan fingerprint density at radius 1 is 1.15 bits per heavy atom. The summed E-state index contributed by atoms with van der Waals surface area (Å²) < 4.78 is 0. The van der Waals surface area contributed by atoms with Gasteiger partial charge in [0.05, 0.1) is 16.7 Å². The van der Waals surface area contributed by atoms with Gasteiger partial charge in [-0.2, -0.15) is 0 Å². The van der Waals surface area contributed by atoms with Crippen LogP contribution in [-0.2, 0) is 0 Å². The molecular weight excluding hydrogens is 360 g/mol. The predicted octanol–water partition coefficient (Wildman–Crippen LogP) is 2.01. The summed E-state index contributed by atoms with van der Waals surface area (Å²) in [7, 11) is 4.00. The molecule has 0 bridgehead atoms. The largest absolute Gasteiger partial charge is 0.385 e. The number of hydrogen-bond acceptors (Lipinski definition) is 8. The Balaban J connectivity index is 1.44. The van der Waals surface area contributed by atoms with Crippen molar-refractivity contribution in [1.29, 1.82) is 0 Å². The number of rotatable bonds is 5. The molecule has 1 aromatic carbocycles. The van der Waals surface area contributed by atoms with Crippen LogP contribution in [0.5, 0.6) is 0 Å². The minimum atomic E-state index is -0.511. The number of thiazole rings is 1. The van der Waals surface area contributed by atoms with Gasteiger partial charge in [-0.15, -0.1) is 11.3 Å².